The number of nitrogens with one attached hydrogen (secondary N) is 1. The van der Waals surface area contributed by atoms with Crippen LogP contribution in [0.25, 0.3) is 0 Å². The quantitative estimate of drug-likeness (QED) is 0.885. The van der Waals surface area contributed by atoms with E-state index in [1.165, 1.54) is 42.7 Å². The van der Waals surface area contributed by atoms with Crippen LogP contribution < -0.4 is 5.43 Å². The number of rotatable bonds is 3. The largest absolute Gasteiger partial charge is 0.272 e. The first-order valence-corrected chi connectivity index (χ1v) is 8.61. The molecule has 0 saturated carbocycles. The van der Waals surface area contributed by atoms with Gasteiger partial charge in [0.15, 0.2) is 15.2 Å². The van der Waals surface area contributed by atoms with Gasteiger partial charge in [0, 0.05) is 23.5 Å². The van der Waals surface area contributed by atoms with Crippen molar-refractivity contribution in [2.75, 3.05) is 5.75 Å². The highest BCUT2D eigenvalue weighted by molar-refractivity contribution is 7.92. The standard InChI is InChI=1S/C15H12FN3O4S/c16-12-4-2-1-3-11(12)15-19(13(20)9-24(15,22)23)18-14(21)10-5-7-17-8-6-10/h1-8,15H,9H2,(H,18,21)/t15-/m1/s1. The van der Waals surface area contributed by atoms with Gasteiger partial charge in [-0.3, -0.25) is 20.0 Å². The van der Waals surface area contributed by atoms with Crippen LogP contribution in [-0.2, 0) is 14.6 Å². The zero-order valence-corrected chi connectivity index (χ0v) is 13.0. The zero-order valence-electron chi connectivity index (χ0n) is 12.2. The number of aromatic nitrogens is 1. The van der Waals surface area contributed by atoms with Crippen molar-refractivity contribution in [3.8, 4) is 0 Å². The molecule has 0 aliphatic carbocycles. The molecule has 2 heterocycles. The van der Waals surface area contributed by atoms with E-state index in [2.05, 4.69) is 10.4 Å². The maximum atomic E-state index is 14.0. The number of amides is 2. The second-order valence-electron chi connectivity index (χ2n) is 5.12. The molecule has 1 saturated heterocycles. The van der Waals surface area contributed by atoms with Gasteiger partial charge < -0.3 is 0 Å². The number of sulfone groups is 1. The summed E-state index contributed by atoms with van der Waals surface area (Å²) in [7, 11) is -3.98. The molecule has 0 unspecified atom stereocenters. The SMILES string of the molecule is O=C(NN1C(=O)CS(=O)(=O)[C@@H]1c1ccccc1F)c1ccncc1. The molecule has 24 heavy (non-hydrogen) atoms. The lowest BCUT2D eigenvalue weighted by atomic mass is 10.2. The minimum atomic E-state index is -3.98. The average Bonchev–Trinajstić information content (AvgIpc) is 2.77. The topological polar surface area (TPSA) is 96.4 Å². The number of hydrogen-bond acceptors (Lipinski definition) is 5. The van der Waals surface area contributed by atoms with Gasteiger partial charge in [-0.15, -0.1) is 0 Å². The summed E-state index contributed by atoms with van der Waals surface area (Å²) in [5, 5.41) is -0.937. The number of carbonyl (C=O) groups is 2. The summed E-state index contributed by atoms with van der Waals surface area (Å²) in [5.74, 6) is -3.10. The Balaban J connectivity index is 1.97. The number of nitrogens with zero attached hydrogens (tertiary/aromatic N) is 2. The summed E-state index contributed by atoms with van der Waals surface area (Å²) in [6, 6.07) is 8.03. The Hall–Kier alpha value is -2.81. The maximum absolute atomic E-state index is 14.0. The van der Waals surface area contributed by atoms with Gasteiger partial charge in [-0.1, -0.05) is 18.2 Å². The number of hydrogen-bond donors (Lipinski definition) is 1. The highest BCUT2D eigenvalue weighted by atomic mass is 32.2. The molecule has 0 bridgehead atoms. The van der Waals surface area contributed by atoms with Crippen LogP contribution in [0.15, 0.2) is 48.8 Å². The molecule has 0 spiro atoms. The molecule has 1 aromatic carbocycles. The van der Waals surface area contributed by atoms with E-state index in [0.717, 1.165) is 6.07 Å². The Morgan fingerprint density at radius 2 is 1.88 bits per heavy atom. The van der Waals surface area contributed by atoms with Crippen LogP contribution in [-0.4, -0.2) is 36.0 Å². The third kappa shape index (κ3) is 2.85. The van der Waals surface area contributed by atoms with Gasteiger partial charge in [-0.2, -0.15) is 0 Å². The van der Waals surface area contributed by atoms with Crippen molar-refractivity contribution < 1.29 is 22.4 Å². The van der Waals surface area contributed by atoms with Gasteiger partial charge in [-0.05, 0) is 18.2 Å². The van der Waals surface area contributed by atoms with Gasteiger partial charge in [0.2, 0.25) is 0 Å². The fourth-order valence-electron chi connectivity index (χ4n) is 2.42. The number of halogens is 1. The summed E-state index contributed by atoms with van der Waals surface area (Å²) in [6.45, 7) is 0. The molecule has 9 heteroatoms. The van der Waals surface area contributed by atoms with Crippen LogP contribution in [0.4, 0.5) is 4.39 Å². The second kappa shape index (κ2) is 6.00. The third-order valence-electron chi connectivity index (χ3n) is 3.50. The van der Waals surface area contributed by atoms with Crippen LogP contribution in [0.1, 0.15) is 21.3 Å². The van der Waals surface area contributed by atoms with Crippen LogP contribution in [0.3, 0.4) is 0 Å². The molecule has 1 aliphatic rings. The van der Waals surface area contributed by atoms with Gasteiger partial charge in [0.1, 0.15) is 11.6 Å². The predicted octanol–water partition coefficient (Wildman–Crippen LogP) is 0.821. The zero-order chi connectivity index (χ0) is 17.3. The van der Waals surface area contributed by atoms with E-state index in [9.17, 15) is 22.4 Å². The molecule has 124 valence electrons. The predicted molar refractivity (Wildman–Crippen MR) is 81.5 cm³/mol. The van der Waals surface area contributed by atoms with E-state index in [0.29, 0.717) is 5.01 Å². The molecule has 2 aromatic rings. The van der Waals surface area contributed by atoms with E-state index in [1.807, 2.05) is 0 Å². The number of hydrazine groups is 1. The lowest BCUT2D eigenvalue weighted by Gasteiger charge is -2.24. The summed E-state index contributed by atoms with van der Waals surface area (Å²) in [6.07, 6.45) is 2.76. The van der Waals surface area contributed by atoms with Crippen molar-refractivity contribution in [3.05, 3.63) is 65.7 Å². The third-order valence-corrected chi connectivity index (χ3v) is 5.30. The van der Waals surface area contributed by atoms with Gasteiger partial charge in [-0.25, -0.2) is 17.8 Å². The maximum Gasteiger partial charge on any atom is 0.270 e. The first-order chi connectivity index (χ1) is 11.4. The summed E-state index contributed by atoms with van der Waals surface area (Å²) in [4.78, 5) is 28.0. The van der Waals surface area contributed by atoms with E-state index in [4.69, 9.17) is 0 Å². The molecule has 2 amide bonds. The minimum Gasteiger partial charge on any atom is -0.272 e. The van der Waals surface area contributed by atoms with Crippen molar-refractivity contribution in [2.24, 2.45) is 0 Å². The molecule has 1 aliphatic heterocycles. The molecule has 3 rings (SSSR count). The first kappa shape index (κ1) is 16.1. The normalized spacial score (nSPS) is 19.3. The Morgan fingerprint density at radius 3 is 2.54 bits per heavy atom. The number of benzene rings is 1. The fraction of sp³-hybridized carbons (Fsp3) is 0.133. The highest BCUT2D eigenvalue weighted by Crippen LogP contribution is 2.33. The Bertz CT molecular complexity index is 902. The molecule has 1 aromatic heterocycles. The molecular weight excluding hydrogens is 337 g/mol. The summed E-state index contributed by atoms with van der Waals surface area (Å²) in [5.41, 5.74) is 2.24. The average molecular weight is 349 g/mol. The van der Waals surface area contributed by atoms with Crippen molar-refractivity contribution in [3.63, 3.8) is 0 Å². The molecule has 1 atom stereocenters. The van der Waals surface area contributed by atoms with Gasteiger partial charge in [0.05, 0.1) is 0 Å². The van der Waals surface area contributed by atoms with Crippen molar-refractivity contribution in [2.45, 2.75) is 5.37 Å². The lowest BCUT2D eigenvalue weighted by Crippen LogP contribution is -2.45. The molecule has 1 N–H and O–H groups in total. The Morgan fingerprint density at radius 1 is 1.21 bits per heavy atom. The monoisotopic (exact) mass is 349 g/mol. The van der Waals surface area contributed by atoms with E-state index < -0.39 is 38.6 Å². The molecular formula is C15H12FN3O4S. The van der Waals surface area contributed by atoms with Crippen molar-refractivity contribution in [1.29, 1.82) is 0 Å². The lowest BCUT2D eigenvalue weighted by molar-refractivity contribution is -0.130. The number of carbonyl (C=O) groups excluding carboxylic acids is 2. The fourth-order valence-corrected chi connectivity index (χ4v) is 4.13. The highest BCUT2D eigenvalue weighted by Gasteiger charge is 2.47. The Labute approximate surface area is 137 Å². The van der Waals surface area contributed by atoms with Crippen LogP contribution in [0, 0.1) is 5.82 Å². The van der Waals surface area contributed by atoms with E-state index in [1.54, 1.807) is 0 Å². The van der Waals surface area contributed by atoms with Crippen LogP contribution in [0.2, 0.25) is 0 Å². The Kier molecular flexibility index (Phi) is 4.02. The summed E-state index contributed by atoms with van der Waals surface area (Å²) >= 11 is 0. The van der Waals surface area contributed by atoms with Crippen LogP contribution in [0.5, 0.6) is 0 Å². The van der Waals surface area contributed by atoms with Crippen molar-refractivity contribution in [1.82, 2.24) is 15.4 Å². The van der Waals surface area contributed by atoms with E-state index >= 15 is 0 Å². The van der Waals surface area contributed by atoms with Crippen molar-refractivity contribution >= 4 is 21.7 Å². The molecule has 7 nitrogen and oxygen atoms in total. The minimum absolute atomic E-state index is 0.189. The van der Waals surface area contributed by atoms with Gasteiger partial charge in [0.25, 0.3) is 11.8 Å². The van der Waals surface area contributed by atoms with Crippen LogP contribution >= 0.6 is 0 Å². The number of pyridine rings is 1. The summed E-state index contributed by atoms with van der Waals surface area (Å²) < 4.78 is 38.5. The molecule has 1 fully saturated rings. The van der Waals surface area contributed by atoms with E-state index in [-0.39, 0.29) is 11.1 Å². The van der Waals surface area contributed by atoms with Gasteiger partial charge >= 0.3 is 0 Å². The first-order valence-electron chi connectivity index (χ1n) is 6.89. The smallest absolute Gasteiger partial charge is 0.270 e. The second-order valence-corrected chi connectivity index (χ2v) is 7.18. The molecule has 0 radical (unpaired) electrons.